The molecule has 0 saturated carbocycles. The van der Waals surface area contributed by atoms with Gasteiger partial charge in [-0.2, -0.15) is 0 Å². The van der Waals surface area contributed by atoms with Gasteiger partial charge < -0.3 is 9.30 Å². The van der Waals surface area contributed by atoms with E-state index < -0.39 is 5.82 Å². The van der Waals surface area contributed by atoms with Gasteiger partial charge in [-0.25, -0.2) is 24.3 Å². The molecule has 7 nitrogen and oxygen atoms in total. The number of hydrogen-bond donors (Lipinski definition) is 0. The molecular weight excluding hydrogens is 467 g/mol. The molecule has 8 heteroatoms. The summed E-state index contributed by atoms with van der Waals surface area (Å²) in [5, 5.41) is 0.859. The average molecular weight is 495 g/mol. The van der Waals surface area contributed by atoms with Crippen molar-refractivity contribution < 1.29 is 9.13 Å². The van der Waals surface area contributed by atoms with Gasteiger partial charge in [-0.3, -0.25) is 4.98 Å². The smallest absolute Gasteiger partial charge is 0.322 e. The predicted octanol–water partition coefficient (Wildman–Crippen LogP) is 6.69. The van der Waals surface area contributed by atoms with Crippen LogP contribution in [0.15, 0.2) is 49.4 Å². The quantitative estimate of drug-likeness (QED) is 0.271. The molecule has 186 valence electrons. The summed E-state index contributed by atoms with van der Waals surface area (Å²) in [6.07, 6.45) is 3.12. The van der Waals surface area contributed by atoms with Gasteiger partial charge in [-0.15, -0.1) is 0 Å². The predicted molar refractivity (Wildman–Crippen MR) is 143 cm³/mol. The molecule has 0 amide bonds. The highest BCUT2D eigenvalue weighted by Crippen LogP contribution is 2.43. The third-order valence-electron chi connectivity index (χ3n) is 6.42. The van der Waals surface area contributed by atoms with Crippen molar-refractivity contribution in [3.05, 3.63) is 83.6 Å². The fraction of sp³-hybridized carbons (Fsp3) is 0.207. The van der Waals surface area contributed by atoms with E-state index in [1.165, 1.54) is 6.07 Å². The molecule has 0 saturated heterocycles. The number of hydrogen-bond acceptors (Lipinski definition) is 6. The number of rotatable bonds is 5. The molecule has 0 fully saturated rings. The van der Waals surface area contributed by atoms with Gasteiger partial charge in [0.15, 0.2) is 11.6 Å². The van der Waals surface area contributed by atoms with Crippen molar-refractivity contribution in [1.29, 1.82) is 0 Å². The molecule has 0 aliphatic carbocycles. The Balaban J connectivity index is 1.74. The normalized spacial score (nSPS) is 11.2. The summed E-state index contributed by atoms with van der Waals surface area (Å²) in [7, 11) is 1.96. The van der Waals surface area contributed by atoms with E-state index in [-0.39, 0.29) is 11.8 Å². The molecule has 0 radical (unpaired) electrons. The van der Waals surface area contributed by atoms with Crippen LogP contribution in [0.25, 0.3) is 39.0 Å². The Morgan fingerprint density at radius 3 is 2.41 bits per heavy atom. The second-order valence-electron chi connectivity index (χ2n) is 9.23. The third kappa shape index (κ3) is 4.24. The molecule has 0 spiro atoms. The second kappa shape index (κ2) is 9.20. The molecule has 0 aliphatic rings. The van der Waals surface area contributed by atoms with Gasteiger partial charge in [-0.1, -0.05) is 12.6 Å². The van der Waals surface area contributed by atoms with Crippen LogP contribution in [0, 0.1) is 33.5 Å². The van der Waals surface area contributed by atoms with Crippen LogP contribution < -0.4 is 4.74 Å². The minimum atomic E-state index is -0.524. The summed E-state index contributed by atoms with van der Waals surface area (Å²) < 4.78 is 23.1. The van der Waals surface area contributed by atoms with Gasteiger partial charge in [-0.05, 0) is 75.6 Å². The number of fused-ring (bicyclic) bond motifs is 1. The molecule has 0 atom stereocenters. The van der Waals surface area contributed by atoms with Crippen molar-refractivity contribution in [2.24, 2.45) is 7.05 Å². The van der Waals surface area contributed by atoms with Gasteiger partial charge in [0, 0.05) is 41.1 Å². The zero-order valence-electron chi connectivity index (χ0n) is 21.7. The van der Waals surface area contributed by atoms with E-state index >= 15 is 4.39 Å². The summed E-state index contributed by atoms with van der Waals surface area (Å²) in [4.78, 5) is 22.1. The lowest BCUT2D eigenvalue weighted by molar-refractivity contribution is 0.410. The highest BCUT2D eigenvalue weighted by atomic mass is 19.1. The zero-order valence-corrected chi connectivity index (χ0v) is 21.7. The second-order valence-corrected chi connectivity index (χ2v) is 9.23. The van der Waals surface area contributed by atoms with E-state index in [1.54, 1.807) is 24.7 Å². The fourth-order valence-electron chi connectivity index (χ4n) is 4.69. The minimum absolute atomic E-state index is 0.0453. The molecule has 0 unspecified atom stereocenters. The van der Waals surface area contributed by atoms with Crippen molar-refractivity contribution >= 4 is 16.6 Å². The largest absolute Gasteiger partial charge is 0.421 e. The molecule has 1 aromatic carbocycles. The standard InChI is InChI=1S/C29H27FN6O/c1-15(2)22-12-16(3)24(19(6)35-22)27-26(25-18(5)32-14-33-28(25)36(27)7)20-8-9-23(21(30)13-20)37-29-31-11-10-17(4)34-29/h8-14H,1H2,2-7H3. The highest BCUT2D eigenvalue weighted by Gasteiger charge is 2.25. The van der Waals surface area contributed by atoms with Crippen molar-refractivity contribution in [1.82, 2.24) is 29.5 Å². The fourth-order valence-corrected chi connectivity index (χ4v) is 4.69. The van der Waals surface area contributed by atoms with Crippen LogP contribution in [0.3, 0.4) is 0 Å². The van der Waals surface area contributed by atoms with E-state index in [0.29, 0.717) is 5.56 Å². The number of benzene rings is 1. The van der Waals surface area contributed by atoms with Crippen LogP contribution in [0.2, 0.25) is 0 Å². The first-order valence-corrected chi connectivity index (χ1v) is 11.9. The lowest BCUT2D eigenvalue weighted by Crippen LogP contribution is -2.02. The minimum Gasteiger partial charge on any atom is -0.421 e. The van der Waals surface area contributed by atoms with Crippen LogP contribution in [0.4, 0.5) is 4.39 Å². The maximum atomic E-state index is 15.4. The molecule has 5 rings (SSSR count). The number of aryl methyl sites for hydroxylation is 5. The summed E-state index contributed by atoms with van der Waals surface area (Å²) in [6.45, 7) is 13.8. The molecule has 0 aliphatic heterocycles. The molecule has 0 N–H and O–H groups in total. The monoisotopic (exact) mass is 494 g/mol. The van der Waals surface area contributed by atoms with E-state index in [9.17, 15) is 0 Å². The summed E-state index contributed by atoms with van der Waals surface area (Å²) in [5.74, 6) is -0.479. The lowest BCUT2D eigenvalue weighted by atomic mass is 9.94. The van der Waals surface area contributed by atoms with Crippen molar-refractivity contribution in [3.63, 3.8) is 0 Å². The van der Waals surface area contributed by atoms with E-state index in [0.717, 1.165) is 61.8 Å². The van der Waals surface area contributed by atoms with E-state index in [1.807, 2.05) is 51.4 Å². The zero-order chi connectivity index (χ0) is 26.4. The lowest BCUT2D eigenvalue weighted by Gasteiger charge is -2.16. The number of aromatic nitrogens is 6. The van der Waals surface area contributed by atoms with E-state index in [2.05, 4.69) is 33.4 Å². The highest BCUT2D eigenvalue weighted by molar-refractivity contribution is 6.05. The van der Waals surface area contributed by atoms with Gasteiger partial charge in [0.05, 0.1) is 17.1 Å². The molecule has 0 bridgehead atoms. The third-order valence-corrected chi connectivity index (χ3v) is 6.42. The molecule has 5 aromatic rings. The number of allylic oxidation sites excluding steroid dienone is 1. The number of nitrogens with zero attached hydrogens (tertiary/aromatic N) is 6. The van der Waals surface area contributed by atoms with Gasteiger partial charge in [0.1, 0.15) is 12.0 Å². The van der Waals surface area contributed by atoms with Crippen molar-refractivity contribution in [2.75, 3.05) is 0 Å². The maximum Gasteiger partial charge on any atom is 0.322 e. The SMILES string of the molecule is C=C(C)c1cc(C)c(-c2c(-c3ccc(Oc4nccc(C)n4)c(F)c3)c3c(C)ncnc3n2C)c(C)n1. The topological polar surface area (TPSA) is 78.6 Å². The summed E-state index contributed by atoms with van der Waals surface area (Å²) >= 11 is 0. The maximum absolute atomic E-state index is 15.4. The Kier molecular flexibility index (Phi) is 6.03. The number of pyridine rings is 1. The van der Waals surface area contributed by atoms with Crippen LogP contribution in [0.1, 0.15) is 35.3 Å². The van der Waals surface area contributed by atoms with Crippen molar-refractivity contribution in [3.8, 4) is 34.1 Å². The van der Waals surface area contributed by atoms with Crippen LogP contribution in [-0.4, -0.2) is 29.5 Å². The van der Waals surface area contributed by atoms with Gasteiger partial charge in [0.25, 0.3) is 0 Å². The number of halogens is 1. The number of ether oxygens (including phenoxy) is 1. The van der Waals surface area contributed by atoms with Gasteiger partial charge in [0.2, 0.25) is 0 Å². The average Bonchev–Trinajstić information content (AvgIpc) is 3.13. The first-order valence-electron chi connectivity index (χ1n) is 11.9. The van der Waals surface area contributed by atoms with Crippen LogP contribution in [-0.2, 0) is 7.05 Å². The Hall–Kier alpha value is -4.46. The first kappa shape index (κ1) is 24.2. The Morgan fingerprint density at radius 2 is 1.73 bits per heavy atom. The summed E-state index contributed by atoms with van der Waals surface area (Å²) in [6, 6.07) is 8.77. The summed E-state index contributed by atoms with van der Waals surface area (Å²) in [5.41, 5.74) is 9.31. The van der Waals surface area contributed by atoms with Gasteiger partial charge >= 0.3 is 6.01 Å². The molecule has 37 heavy (non-hydrogen) atoms. The molecular formula is C29H27FN6O. The molecule has 4 heterocycles. The Bertz CT molecular complexity index is 1680. The molecule has 4 aromatic heterocycles. The van der Waals surface area contributed by atoms with Crippen molar-refractivity contribution in [2.45, 2.75) is 34.6 Å². The Labute approximate surface area is 214 Å². The van der Waals surface area contributed by atoms with E-state index in [4.69, 9.17) is 9.72 Å². The van der Waals surface area contributed by atoms with Crippen LogP contribution in [0.5, 0.6) is 11.8 Å². The first-order chi connectivity index (χ1) is 17.7. The van der Waals surface area contributed by atoms with Crippen LogP contribution >= 0.6 is 0 Å². The Morgan fingerprint density at radius 1 is 0.946 bits per heavy atom.